The van der Waals surface area contributed by atoms with Crippen molar-refractivity contribution in [3.05, 3.63) is 17.2 Å². The highest BCUT2D eigenvalue weighted by Gasteiger charge is 2.23. The van der Waals surface area contributed by atoms with Gasteiger partial charge in [0.15, 0.2) is 0 Å². The van der Waals surface area contributed by atoms with Crippen molar-refractivity contribution >= 4 is 34.8 Å². The number of nitrogen functional groups attached to an aromatic ring is 1. The van der Waals surface area contributed by atoms with Gasteiger partial charge in [0.25, 0.3) is 0 Å². The molecule has 0 radical (unpaired) electrons. The molecule has 0 bridgehead atoms. The topological polar surface area (TPSA) is 70.8 Å². The van der Waals surface area contributed by atoms with Gasteiger partial charge in [0.2, 0.25) is 0 Å². The molecule has 0 unspecified atom stereocenters. The molecule has 1 heterocycles. The van der Waals surface area contributed by atoms with Gasteiger partial charge in [-0.15, -0.1) is 0 Å². The molecule has 140 valence electrons. The number of hydrogen-bond acceptors (Lipinski definition) is 5. The summed E-state index contributed by atoms with van der Waals surface area (Å²) >= 11 is 6.40. The summed E-state index contributed by atoms with van der Waals surface area (Å²) < 4.78 is 5.29. The zero-order chi connectivity index (χ0) is 18.8. The Labute approximate surface area is 155 Å². The first-order valence-electron chi connectivity index (χ1n) is 8.57. The summed E-state index contributed by atoms with van der Waals surface area (Å²) in [4.78, 5) is 16.5. The third kappa shape index (κ3) is 5.41. The number of nitrogens with one attached hydrogen (secondary N) is 1. The fraction of sp³-hybridized carbons (Fsp3) is 0.611. The van der Waals surface area contributed by atoms with Gasteiger partial charge in [-0.3, -0.25) is 5.32 Å². The Morgan fingerprint density at radius 1 is 1.32 bits per heavy atom. The minimum atomic E-state index is -0.567. The van der Waals surface area contributed by atoms with E-state index in [0.29, 0.717) is 22.4 Å². The molecular weight excluding hydrogens is 340 g/mol. The lowest BCUT2D eigenvalue weighted by Gasteiger charge is -2.37. The molecule has 1 aromatic rings. The molecule has 0 aromatic heterocycles. The number of piperidine rings is 1. The Kier molecular flexibility index (Phi) is 6.06. The number of benzene rings is 1. The number of anilines is 3. The molecule has 7 heteroatoms. The van der Waals surface area contributed by atoms with E-state index in [4.69, 9.17) is 22.1 Å². The van der Waals surface area contributed by atoms with Crippen molar-refractivity contribution in [1.29, 1.82) is 0 Å². The number of rotatable bonds is 3. The lowest BCUT2D eigenvalue weighted by atomic mass is 10.0. The number of nitrogens with two attached hydrogens (primary N) is 1. The van der Waals surface area contributed by atoms with E-state index in [2.05, 4.69) is 29.2 Å². The minimum absolute atomic E-state index is 0.419. The zero-order valence-electron chi connectivity index (χ0n) is 15.7. The van der Waals surface area contributed by atoms with Crippen molar-refractivity contribution in [2.45, 2.75) is 45.3 Å². The fourth-order valence-corrected chi connectivity index (χ4v) is 3.26. The van der Waals surface area contributed by atoms with Crippen LogP contribution >= 0.6 is 11.6 Å². The molecule has 1 aliphatic heterocycles. The molecule has 0 atom stereocenters. The van der Waals surface area contributed by atoms with E-state index in [1.54, 1.807) is 6.07 Å². The van der Waals surface area contributed by atoms with E-state index in [-0.39, 0.29) is 0 Å². The number of carbonyl (C=O) groups is 1. The molecule has 0 saturated carbocycles. The Balaban J connectivity index is 2.14. The molecule has 0 aliphatic carbocycles. The van der Waals surface area contributed by atoms with Crippen molar-refractivity contribution in [2.24, 2.45) is 0 Å². The first-order valence-corrected chi connectivity index (χ1v) is 8.95. The van der Waals surface area contributed by atoms with E-state index in [1.807, 2.05) is 26.8 Å². The normalized spacial score (nSPS) is 16.2. The highest BCUT2D eigenvalue weighted by molar-refractivity contribution is 6.33. The van der Waals surface area contributed by atoms with E-state index in [9.17, 15) is 4.79 Å². The van der Waals surface area contributed by atoms with Crippen molar-refractivity contribution in [2.75, 3.05) is 43.1 Å². The van der Waals surface area contributed by atoms with Gasteiger partial charge in [0.1, 0.15) is 5.60 Å². The number of amides is 1. The second kappa shape index (κ2) is 7.70. The summed E-state index contributed by atoms with van der Waals surface area (Å²) in [5, 5.41) is 3.31. The van der Waals surface area contributed by atoms with Crippen LogP contribution in [0.4, 0.5) is 21.9 Å². The monoisotopic (exact) mass is 368 g/mol. The lowest BCUT2D eigenvalue weighted by molar-refractivity contribution is 0.0636. The van der Waals surface area contributed by atoms with Gasteiger partial charge in [-0.05, 0) is 59.8 Å². The largest absolute Gasteiger partial charge is 0.444 e. The highest BCUT2D eigenvalue weighted by atomic mass is 35.5. The second-order valence-corrected chi connectivity index (χ2v) is 8.11. The predicted octanol–water partition coefficient (Wildman–Crippen LogP) is 3.80. The van der Waals surface area contributed by atoms with E-state index in [1.165, 1.54) is 0 Å². The molecule has 1 amide bonds. The van der Waals surface area contributed by atoms with Gasteiger partial charge < -0.3 is 20.3 Å². The van der Waals surface area contributed by atoms with Crippen LogP contribution in [0.3, 0.4) is 0 Å². The van der Waals surface area contributed by atoms with Crippen LogP contribution in [0.1, 0.15) is 33.6 Å². The number of nitrogens with zero attached hydrogens (tertiary/aromatic N) is 2. The van der Waals surface area contributed by atoms with Crippen molar-refractivity contribution < 1.29 is 9.53 Å². The molecule has 1 saturated heterocycles. The summed E-state index contributed by atoms with van der Waals surface area (Å²) in [6.45, 7) is 7.28. The average molecular weight is 369 g/mol. The molecule has 3 N–H and O–H groups in total. The first-order chi connectivity index (χ1) is 11.6. The predicted molar refractivity (Wildman–Crippen MR) is 105 cm³/mol. The summed E-state index contributed by atoms with van der Waals surface area (Å²) in [6, 6.07) is 4.10. The van der Waals surface area contributed by atoms with Gasteiger partial charge >= 0.3 is 6.09 Å². The third-order valence-corrected chi connectivity index (χ3v) is 4.59. The van der Waals surface area contributed by atoms with Gasteiger partial charge in [0.05, 0.1) is 22.1 Å². The van der Waals surface area contributed by atoms with Crippen LogP contribution in [0.15, 0.2) is 12.1 Å². The van der Waals surface area contributed by atoms with Gasteiger partial charge in [0, 0.05) is 19.1 Å². The number of ether oxygens (including phenoxy) is 1. The average Bonchev–Trinajstić information content (AvgIpc) is 2.48. The van der Waals surface area contributed by atoms with Crippen LogP contribution in [0, 0.1) is 0 Å². The number of carbonyl (C=O) groups excluding carboxylic acids is 1. The summed E-state index contributed by atoms with van der Waals surface area (Å²) in [6.07, 6.45) is 1.62. The van der Waals surface area contributed by atoms with Crippen LogP contribution in [0.2, 0.25) is 5.02 Å². The first kappa shape index (κ1) is 19.7. The van der Waals surface area contributed by atoms with Crippen molar-refractivity contribution in [3.63, 3.8) is 0 Å². The number of halogens is 1. The minimum Gasteiger partial charge on any atom is -0.444 e. The molecule has 1 aliphatic rings. The Morgan fingerprint density at radius 3 is 2.44 bits per heavy atom. The van der Waals surface area contributed by atoms with E-state index >= 15 is 0 Å². The van der Waals surface area contributed by atoms with Crippen LogP contribution in [-0.4, -0.2) is 49.8 Å². The molecule has 6 nitrogen and oxygen atoms in total. The van der Waals surface area contributed by atoms with Crippen LogP contribution < -0.4 is 16.0 Å². The quantitative estimate of drug-likeness (QED) is 0.794. The Morgan fingerprint density at radius 2 is 1.92 bits per heavy atom. The maximum absolute atomic E-state index is 12.0. The fourth-order valence-electron chi connectivity index (χ4n) is 2.96. The highest BCUT2D eigenvalue weighted by Crippen LogP contribution is 2.35. The van der Waals surface area contributed by atoms with E-state index < -0.39 is 11.7 Å². The molecule has 2 rings (SSSR count). The molecule has 1 aromatic carbocycles. The molecule has 25 heavy (non-hydrogen) atoms. The maximum atomic E-state index is 12.0. The second-order valence-electron chi connectivity index (χ2n) is 7.70. The van der Waals surface area contributed by atoms with Crippen molar-refractivity contribution in [3.8, 4) is 0 Å². The summed E-state index contributed by atoms with van der Waals surface area (Å²) in [7, 11) is 4.22. The molecular formula is C18H29ClN4O2. The zero-order valence-corrected chi connectivity index (χ0v) is 16.5. The summed E-state index contributed by atoms with van der Waals surface area (Å²) in [5.74, 6) is 0. The Hall–Kier alpha value is -1.66. The summed E-state index contributed by atoms with van der Waals surface area (Å²) in [5.41, 5.74) is 7.27. The molecule has 1 fully saturated rings. The van der Waals surface area contributed by atoms with Gasteiger partial charge in [-0.1, -0.05) is 11.6 Å². The lowest BCUT2D eigenvalue weighted by Crippen LogP contribution is -2.42. The van der Waals surface area contributed by atoms with Crippen LogP contribution in [0.25, 0.3) is 0 Å². The van der Waals surface area contributed by atoms with Gasteiger partial charge in [-0.25, -0.2) is 4.79 Å². The van der Waals surface area contributed by atoms with E-state index in [0.717, 1.165) is 31.6 Å². The maximum Gasteiger partial charge on any atom is 0.412 e. The van der Waals surface area contributed by atoms with Crippen LogP contribution in [-0.2, 0) is 4.74 Å². The SMILES string of the molecule is CN(C)C1CCN(c2cc(NC(=O)OC(C)(C)C)c(N)cc2Cl)CC1. The van der Waals surface area contributed by atoms with Crippen molar-refractivity contribution in [1.82, 2.24) is 4.90 Å². The third-order valence-electron chi connectivity index (χ3n) is 4.29. The Bertz CT molecular complexity index is 620. The smallest absolute Gasteiger partial charge is 0.412 e. The van der Waals surface area contributed by atoms with Gasteiger partial charge in [-0.2, -0.15) is 0 Å². The molecule has 0 spiro atoms. The standard InChI is InChI=1S/C18H29ClN4O2/c1-18(2,3)25-17(24)21-15-11-16(13(19)10-14(15)20)23-8-6-12(7-9-23)22(4)5/h10-12H,6-9,20H2,1-5H3,(H,21,24). The van der Waals surface area contributed by atoms with Crippen LogP contribution in [0.5, 0.6) is 0 Å². The number of hydrogen-bond donors (Lipinski definition) is 2.